The van der Waals surface area contributed by atoms with Gasteiger partial charge in [0.1, 0.15) is 0 Å². The third-order valence-electron chi connectivity index (χ3n) is 1.87. The average molecular weight is 226 g/mol. The lowest BCUT2D eigenvalue weighted by Crippen LogP contribution is -1.79. The average Bonchev–Trinajstić information content (AvgIpc) is 2.53. The molecule has 1 atom stereocenters. The van der Waals surface area contributed by atoms with Crippen molar-refractivity contribution in [3.8, 4) is 0 Å². The van der Waals surface area contributed by atoms with Crippen LogP contribution in [0.25, 0.3) is 4.91 Å². The summed E-state index contributed by atoms with van der Waals surface area (Å²) in [7, 11) is 3.60. The van der Waals surface area contributed by atoms with E-state index in [9.17, 15) is 0 Å². The van der Waals surface area contributed by atoms with Crippen LogP contribution in [0.5, 0.6) is 0 Å². The van der Waals surface area contributed by atoms with Gasteiger partial charge in [-0.1, -0.05) is 51.4 Å². The van der Waals surface area contributed by atoms with Crippen LogP contribution in [-0.4, -0.2) is 4.58 Å². The Kier molecular flexibility index (Phi) is 2.96. The molecule has 2 rings (SSSR count). The third kappa shape index (κ3) is 2.27. The number of benzene rings is 1. The Labute approximate surface area is 92.0 Å². The normalized spacial score (nSPS) is 21.7. The van der Waals surface area contributed by atoms with Gasteiger partial charge < -0.3 is 0 Å². The van der Waals surface area contributed by atoms with E-state index in [1.807, 2.05) is 10.8 Å². The van der Waals surface area contributed by atoms with Gasteiger partial charge in [0.05, 0.1) is 4.58 Å². The zero-order valence-electron chi connectivity index (χ0n) is 7.23. The molecule has 1 aliphatic heterocycles. The van der Waals surface area contributed by atoms with Crippen LogP contribution in [0.15, 0.2) is 30.3 Å². The fourth-order valence-electron chi connectivity index (χ4n) is 1.15. The van der Waals surface area contributed by atoms with Gasteiger partial charge >= 0.3 is 0 Å². The summed E-state index contributed by atoms with van der Waals surface area (Å²) in [5.41, 5.74) is 2.61. The van der Waals surface area contributed by atoms with E-state index in [0.717, 1.165) is 0 Å². The first-order valence-electron chi connectivity index (χ1n) is 4.06. The van der Waals surface area contributed by atoms with E-state index >= 15 is 0 Å². The number of hydrogen-bond acceptors (Lipinski definition) is 3. The monoisotopic (exact) mass is 226 g/mol. The second-order valence-corrected chi connectivity index (χ2v) is 6.26. The molecule has 0 aliphatic carbocycles. The van der Waals surface area contributed by atoms with Crippen molar-refractivity contribution in [2.45, 2.75) is 11.5 Å². The third-order valence-corrected chi connectivity index (χ3v) is 5.19. The highest BCUT2D eigenvalue weighted by atomic mass is 33.1. The standard InChI is InChI=1S/C10H10S3/c1-7-2-4-8(5-3-7)9-6-10(11)13-12-9/h2-6,10-11H,1H3. The molecule has 0 nitrogen and oxygen atoms in total. The SMILES string of the molecule is Cc1ccc(C2=CC(S)SS2)cc1. The number of hydrogen-bond donors (Lipinski definition) is 1. The fourth-order valence-corrected chi connectivity index (χ4v) is 3.92. The van der Waals surface area contributed by atoms with Crippen LogP contribution in [0.2, 0.25) is 0 Å². The second kappa shape index (κ2) is 4.03. The molecule has 1 unspecified atom stereocenters. The van der Waals surface area contributed by atoms with Crippen LogP contribution in [-0.2, 0) is 0 Å². The molecule has 0 amide bonds. The van der Waals surface area contributed by atoms with Crippen LogP contribution in [0.1, 0.15) is 11.1 Å². The van der Waals surface area contributed by atoms with Crippen molar-refractivity contribution in [2.75, 3.05) is 0 Å². The first kappa shape index (κ1) is 9.56. The summed E-state index contributed by atoms with van der Waals surface area (Å²) in [6.07, 6.45) is 2.20. The highest BCUT2D eigenvalue weighted by Gasteiger charge is 2.14. The van der Waals surface area contributed by atoms with Crippen molar-refractivity contribution < 1.29 is 0 Å². The lowest BCUT2D eigenvalue weighted by atomic mass is 10.1. The Morgan fingerprint density at radius 1 is 1.23 bits per heavy atom. The van der Waals surface area contributed by atoms with Gasteiger partial charge in [-0.05, 0) is 18.6 Å². The first-order valence-corrected chi connectivity index (χ1v) is 6.79. The molecule has 0 fully saturated rings. The molecular formula is C10H10S3. The molecule has 0 aromatic heterocycles. The molecule has 3 heteroatoms. The van der Waals surface area contributed by atoms with Crippen molar-refractivity contribution in [1.29, 1.82) is 0 Å². The lowest BCUT2D eigenvalue weighted by molar-refractivity contribution is 1.46. The molecule has 0 spiro atoms. The molecule has 0 saturated heterocycles. The summed E-state index contributed by atoms with van der Waals surface area (Å²) < 4.78 is 0.348. The maximum Gasteiger partial charge on any atom is 0.0773 e. The fraction of sp³-hybridized carbons (Fsp3) is 0.200. The quantitative estimate of drug-likeness (QED) is 0.568. The Morgan fingerprint density at radius 2 is 1.92 bits per heavy atom. The zero-order chi connectivity index (χ0) is 9.26. The van der Waals surface area contributed by atoms with Gasteiger partial charge in [0, 0.05) is 4.91 Å². The van der Waals surface area contributed by atoms with Gasteiger partial charge in [-0.25, -0.2) is 0 Å². The maximum atomic E-state index is 4.39. The Hall–Kier alpha value is 0.01000. The van der Waals surface area contributed by atoms with Crippen LogP contribution in [0.3, 0.4) is 0 Å². The molecule has 0 bridgehead atoms. The molecule has 1 aliphatic rings. The van der Waals surface area contributed by atoms with Crippen molar-refractivity contribution in [3.05, 3.63) is 41.5 Å². The Morgan fingerprint density at radius 3 is 2.46 bits per heavy atom. The number of rotatable bonds is 1. The van der Waals surface area contributed by atoms with Gasteiger partial charge in [0.25, 0.3) is 0 Å². The van der Waals surface area contributed by atoms with E-state index in [4.69, 9.17) is 0 Å². The zero-order valence-corrected chi connectivity index (χ0v) is 9.76. The summed E-state index contributed by atoms with van der Waals surface area (Å²) in [5.74, 6) is 0. The van der Waals surface area contributed by atoms with Crippen LogP contribution in [0.4, 0.5) is 0 Å². The van der Waals surface area contributed by atoms with Crippen molar-refractivity contribution in [1.82, 2.24) is 0 Å². The minimum Gasteiger partial charge on any atom is -0.160 e. The number of aryl methyl sites for hydroxylation is 1. The van der Waals surface area contributed by atoms with Crippen molar-refractivity contribution in [3.63, 3.8) is 0 Å². The van der Waals surface area contributed by atoms with Gasteiger partial charge in [-0.15, -0.1) is 0 Å². The van der Waals surface area contributed by atoms with Gasteiger partial charge in [-0.3, -0.25) is 0 Å². The van der Waals surface area contributed by atoms with E-state index in [-0.39, 0.29) is 0 Å². The van der Waals surface area contributed by atoms with E-state index in [0.29, 0.717) is 4.58 Å². The predicted molar refractivity (Wildman–Crippen MR) is 67.1 cm³/mol. The minimum atomic E-state index is 0.348. The largest absolute Gasteiger partial charge is 0.160 e. The molecule has 1 heterocycles. The summed E-state index contributed by atoms with van der Waals surface area (Å²) >= 11 is 4.39. The number of thiol groups is 1. The van der Waals surface area contributed by atoms with Crippen molar-refractivity contribution in [2.24, 2.45) is 0 Å². The summed E-state index contributed by atoms with van der Waals surface area (Å²) in [4.78, 5) is 1.34. The predicted octanol–water partition coefficient (Wildman–Crippen LogP) is 3.99. The molecule has 0 radical (unpaired) electrons. The second-order valence-electron chi connectivity index (χ2n) is 2.97. The van der Waals surface area contributed by atoms with Crippen molar-refractivity contribution >= 4 is 39.1 Å². The van der Waals surface area contributed by atoms with E-state index in [1.54, 1.807) is 10.8 Å². The first-order chi connectivity index (χ1) is 6.25. The molecule has 1 aromatic carbocycles. The van der Waals surface area contributed by atoms with E-state index < -0.39 is 0 Å². The van der Waals surface area contributed by atoms with E-state index in [2.05, 4.69) is 49.9 Å². The molecule has 0 saturated carbocycles. The molecule has 68 valence electrons. The topological polar surface area (TPSA) is 0 Å². The Bertz CT molecular complexity index is 327. The Balaban J connectivity index is 2.26. The summed E-state index contributed by atoms with van der Waals surface area (Å²) in [5, 5.41) is 0. The molecule has 13 heavy (non-hydrogen) atoms. The molecule has 1 aromatic rings. The summed E-state index contributed by atoms with van der Waals surface area (Å²) in [6, 6.07) is 8.63. The minimum absolute atomic E-state index is 0.348. The van der Waals surface area contributed by atoms with Gasteiger partial charge in [-0.2, -0.15) is 12.6 Å². The molecular weight excluding hydrogens is 216 g/mol. The maximum absolute atomic E-state index is 4.39. The van der Waals surface area contributed by atoms with Crippen LogP contribution < -0.4 is 0 Å². The van der Waals surface area contributed by atoms with Crippen LogP contribution >= 0.6 is 34.2 Å². The highest BCUT2D eigenvalue weighted by molar-refractivity contribution is 8.82. The van der Waals surface area contributed by atoms with Crippen LogP contribution in [0, 0.1) is 6.92 Å². The van der Waals surface area contributed by atoms with E-state index in [1.165, 1.54) is 16.0 Å². The summed E-state index contributed by atoms with van der Waals surface area (Å²) in [6.45, 7) is 2.11. The highest BCUT2D eigenvalue weighted by Crippen LogP contribution is 2.48. The smallest absolute Gasteiger partial charge is 0.0773 e. The molecule has 0 N–H and O–H groups in total. The van der Waals surface area contributed by atoms with Gasteiger partial charge in [0.2, 0.25) is 0 Å². The van der Waals surface area contributed by atoms with Gasteiger partial charge in [0.15, 0.2) is 0 Å². The lowest BCUT2D eigenvalue weighted by Gasteiger charge is -1.99.